The van der Waals surface area contributed by atoms with E-state index in [-0.39, 0.29) is 17.9 Å². The minimum Gasteiger partial charge on any atom is -0.480 e. The van der Waals surface area contributed by atoms with Crippen molar-refractivity contribution in [3.8, 4) is 0 Å². The second-order valence-corrected chi connectivity index (χ2v) is 7.83. The van der Waals surface area contributed by atoms with E-state index in [1.54, 1.807) is 11.0 Å². The predicted octanol–water partition coefficient (Wildman–Crippen LogP) is 4.26. The van der Waals surface area contributed by atoms with E-state index in [4.69, 9.17) is 11.6 Å². The molecule has 1 N–H and O–H groups in total. The molecular weight excluding hydrogens is 362 g/mol. The van der Waals surface area contributed by atoms with Crippen molar-refractivity contribution >= 4 is 23.5 Å². The number of carboxylic acid groups (broad SMARTS) is 1. The quantitative estimate of drug-likeness (QED) is 0.861. The molecule has 1 fully saturated rings. The lowest BCUT2D eigenvalue weighted by molar-refractivity contribution is -0.151. The molecule has 1 heterocycles. The van der Waals surface area contributed by atoms with Crippen molar-refractivity contribution in [1.29, 1.82) is 0 Å². The third-order valence-electron chi connectivity index (χ3n) is 5.88. The van der Waals surface area contributed by atoms with Gasteiger partial charge in [0.15, 0.2) is 0 Å². The molecule has 0 radical (unpaired) electrons. The van der Waals surface area contributed by atoms with Crippen LogP contribution in [0.3, 0.4) is 0 Å². The summed E-state index contributed by atoms with van der Waals surface area (Å²) in [4.78, 5) is 26.9. The summed E-state index contributed by atoms with van der Waals surface area (Å²) < 4.78 is 0. The molecule has 0 aromatic heterocycles. The molecule has 2 aromatic carbocycles. The van der Waals surface area contributed by atoms with E-state index in [0.717, 1.165) is 18.4 Å². The SMILES string of the molecule is O=C(O)[C@@H]1CCC(c2ccccc2Cl)N1C(=O)C1CCc2ccccc2C1. The standard InChI is InChI=1S/C22H22ClNO3/c23-18-8-4-3-7-17(18)19-11-12-20(22(26)27)24(19)21(25)16-10-9-14-5-1-2-6-15(14)13-16/h1-8,16,19-20H,9-13H2,(H,26,27)/t16?,19?,20-/m0/s1. The summed E-state index contributed by atoms with van der Waals surface area (Å²) in [6.07, 6.45) is 3.37. The topological polar surface area (TPSA) is 57.6 Å². The van der Waals surface area contributed by atoms with Gasteiger partial charge in [-0.05, 0) is 54.9 Å². The Kier molecular flexibility index (Phi) is 4.92. The molecule has 0 spiro atoms. The number of halogens is 1. The number of fused-ring (bicyclic) bond motifs is 1. The normalized spacial score (nSPS) is 24.5. The molecule has 27 heavy (non-hydrogen) atoms. The van der Waals surface area contributed by atoms with E-state index in [1.165, 1.54) is 11.1 Å². The highest BCUT2D eigenvalue weighted by Gasteiger charge is 2.44. The molecule has 3 atom stereocenters. The lowest BCUT2D eigenvalue weighted by Crippen LogP contribution is -2.45. The van der Waals surface area contributed by atoms with Crippen LogP contribution in [-0.2, 0) is 22.4 Å². The van der Waals surface area contributed by atoms with Gasteiger partial charge in [0.25, 0.3) is 0 Å². The Hall–Kier alpha value is -2.33. The lowest BCUT2D eigenvalue weighted by atomic mass is 9.83. The summed E-state index contributed by atoms with van der Waals surface area (Å²) in [5.41, 5.74) is 3.33. The van der Waals surface area contributed by atoms with Crippen LogP contribution in [0.5, 0.6) is 0 Å². The van der Waals surface area contributed by atoms with E-state index in [2.05, 4.69) is 12.1 Å². The van der Waals surface area contributed by atoms with Crippen molar-refractivity contribution in [2.45, 2.75) is 44.2 Å². The molecule has 1 amide bonds. The van der Waals surface area contributed by atoms with Crippen LogP contribution in [-0.4, -0.2) is 27.9 Å². The van der Waals surface area contributed by atoms with Gasteiger partial charge in [-0.25, -0.2) is 4.79 Å². The van der Waals surface area contributed by atoms with Crippen molar-refractivity contribution in [3.05, 3.63) is 70.2 Å². The summed E-state index contributed by atoms with van der Waals surface area (Å²) in [7, 11) is 0. The van der Waals surface area contributed by atoms with Gasteiger partial charge in [-0.15, -0.1) is 0 Å². The van der Waals surface area contributed by atoms with E-state index >= 15 is 0 Å². The number of benzene rings is 2. The summed E-state index contributed by atoms with van der Waals surface area (Å²) in [5, 5.41) is 10.3. The van der Waals surface area contributed by atoms with Crippen molar-refractivity contribution in [3.63, 3.8) is 0 Å². The summed E-state index contributed by atoms with van der Waals surface area (Å²) in [6, 6.07) is 14.6. The first-order valence-corrected chi connectivity index (χ1v) is 9.80. The fraction of sp³-hybridized carbons (Fsp3) is 0.364. The Morgan fingerprint density at radius 2 is 1.67 bits per heavy atom. The number of carbonyl (C=O) groups excluding carboxylic acids is 1. The van der Waals surface area contributed by atoms with E-state index in [0.29, 0.717) is 24.3 Å². The highest BCUT2D eigenvalue weighted by atomic mass is 35.5. The van der Waals surface area contributed by atoms with Crippen LogP contribution in [0.4, 0.5) is 0 Å². The number of aliphatic carboxylic acids is 1. The molecule has 1 aliphatic carbocycles. The Balaban J connectivity index is 1.64. The zero-order chi connectivity index (χ0) is 19.0. The third-order valence-corrected chi connectivity index (χ3v) is 6.23. The molecule has 5 heteroatoms. The van der Waals surface area contributed by atoms with Gasteiger partial charge in [0.05, 0.1) is 6.04 Å². The Morgan fingerprint density at radius 1 is 0.963 bits per heavy atom. The van der Waals surface area contributed by atoms with Gasteiger partial charge in [0.2, 0.25) is 5.91 Å². The van der Waals surface area contributed by atoms with Gasteiger partial charge in [-0.3, -0.25) is 4.79 Å². The van der Waals surface area contributed by atoms with Crippen LogP contribution in [0, 0.1) is 5.92 Å². The van der Waals surface area contributed by atoms with E-state index in [9.17, 15) is 14.7 Å². The van der Waals surface area contributed by atoms with Crippen LogP contribution in [0.2, 0.25) is 5.02 Å². The number of hydrogen-bond acceptors (Lipinski definition) is 2. The molecule has 1 saturated heterocycles. The molecule has 4 nitrogen and oxygen atoms in total. The molecule has 140 valence electrons. The fourth-order valence-electron chi connectivity index (χ4n) is 4.53. The highest BCUT2D eigenvalue weighted by Crippen LogP contribution is 2.41. The molecule has 0 saturated carbocycles. The van der Waals surface area contributed by atoms with Gasteiger partial charge < -0.3 is 10.0 Å². The summed E-state index contributed by atoms with van der Waals surface area (Å²) in [5.74, 6) is -1.17. The van der Waals surface area contributed by atoms with Crippen LogP contribution in [0.25, 0.3) is 0 Å². The van der Waals surface area contributed by atoms with Gasteiger partial charge in [0.1, 0.15) is 6.04 Å². The molecule has 0 bridgehead atoms. The average molecular weight is 384 g/mol. The van der Waals surface area contributed by atoms with Crippen molar-refractivity contribution in [1.82, 2.24) is 4.90 Å². The number of likely N-dealkylation sites (tertiary alicyclic amines) is 1. The first-order valence-electron chi connectivity index (χ1n) is 9.42. The van der Waals surface area contributed by atoms with Crippen LogP contribution >= 0.6 is 11.6 Å². The summed E-state index contributed by atoms with van der Waals surface area (Å²) in [6.45, 7) is 0. The number of amides is 1. The van der Waals surface area contributed by atoms with Gasteiger partial charge in [0, 0.05) is 10.9 Å². The van der Waals surface area contributed by atoms with Crippen molar-refractivity contribution < 1.29 is 14.7 Å². The minimum atomic E-state index is -0.936. The summed E-state index contributed by atoms with van der Waals surface area (Å²) >= 11 is 6.37. The molecule has 4 rings (SSSR count). The molecular formula is C22H22ClNO3. The predicted molar refractivity (Wildman–Crippen MR) is 104 cm³/mol. The number of carbonyl (C=O) groups is 2. The maximum Gasteiger partial charge on any atom is 0.326 e. The molecule has 2 aromatic rings. The molecule has 2 aliphatic rings. The Bertz CT molecular complexity index is 881. The minimum absolute atomic E-state index is 0.0562. The third kappa shape index (κ3) is 3.34. The zero-order valence-corrected chi connectivity index (χ0v) is 15.7. The molecule has 1 aliphatic heterocycles. The fourth-order valence-corrected chi connectivity index (χ4v) is 4.79. The Labute approximate surface area is 163 Å². The average Bonchev–Trinajstić information content (AvgIpc) is 3.12. The maximum absolute atomic E-state index is 13.4. The van der Waals surface area contributed by atoms with Gasteiger partial charge >= 0.3 is 5.97 Å². The Morgan fingerprint density at radius 3 is 2.41 bits per heavy atom. The number of rotatable bonds is 3. The smallest absolute Gasteiger partial charge is 0.326 e. The number of aryl methyl sites for hydroxylation is 1. The lowest BCUT2D eigenvalue weighted by Gasteiger charge is -2.34. The van der Waals surface area contributed by atoms with E-state index in [1.807, 2.05) is 30.3 Å². The maximum atomic E-state index is 13.4. The van der Waals surface area contributed by atoms with Gasteiger partial charge in [-0.2, -0.15) is 0 Å². The second kappa shape index (κ2) is 7.35. The van der Waals surface area contributed by atoms with Crippen molar-refractivity contribution in [2.24, 2.45) is 5.92 Å². The van der Waals surface area contributed by atoms with Crippen LogP contribution in [0.15, 0.2) is 48.5 Å². The van der Waals surface area contributed by atoms with Crippen LogP contribution in [0.1, 0.15) is 42.0 Å². The number of carboxylic acids is 1. The molecule has 2 unspecified atom stereocenters. The number of hydrogen-bond donors (Lipinski definition) is 1. The first-order chi connectivity index (χ1) is 13.1. The van der Waals surface area contributed by atoms with Gasteiger partial charge in [-0.1, -0.05) is 54.1 Å². The van der Waals surface area contributed by atoms with Crippen LogP contribution < -0.4 is 0 Å². The largest absolute Gasteiger partial charge is 0.480 e. The monoisotopic (exact) mass is 383 g/mol. The van der Waals surface area contributed by atoms with Crippen molar-refractivity contribution in [2.75, 3.05) is 0 Å². The number of nitrogens with zero attached hydrogens (tertiary/aromatic N) is 1. The second-order valence-electron chi connectivity index (χ2n) is 7.42. The first kappa shape index (κ1) is 18.1. The zero-order valence-electron chi connectivity index (χ0n) is 15.0. The van der Waals surface area contributed by atoms with E-state index < -0.39 is 12.0 Å². The highest BCUT2D eigenvalue weighted by molar-refractivity contribution is 6.31.